The predicted octanol–water partition coefficient (Wildman–Crippen LogP) is 4.18. The Labute approximate surface area is 204 Å². The molecule has 0 radical (unpaired) electrons. The van der Waals surface area contributed by atoms with Crippen LogP contribution in [0.2, 0.25) is 0 Å². The van der Waals surface area contributed by atoms with Crippen molar-refractivity contribution >= 4 is 18.0 Å². The number of likely N-dealkylation sites (tertiary alicyclic amines) is 1. The number of ether oxygens (including phenoxy) is 1. The summed E-state index contributed by atoms with van der Waals surface area (Å²) in [6.45, 7) is 3.28. The highest BCUT2D eigenvalue weighted by Gasteiger charge is 2.36. The summed E-state index contributed by atoms with van der Waals surface area (Å²) < 4.78 is 5.64. The fourth-order valence-electron chi connectivity index (χ4n) is 5.70. The number of fused-ring (bicyclic) bond motifs is 3. The molecule has 0 aromatic heterocycles. The average molecular weight is 475 g/mol. The molecule has 2 aromatic rings. The van der Waals surface area contributed by atoms with Gasteiger partial charge in [0.15, 0.2) is 0 Å². The number of carboxylic acid groups (broad SMARTS) is 1. The summed E-state index contributed by atoms with van der Waals surface area (Å²) in [4.78, 5) is 38.4. The Morgan fingerprint density at radius 3 is 2.34 bits per heavy atom. The zero-order valence-corrected chi connectivity index (χ0v) is 19.8. The van der Waals surface area contributed by atoms with Gasteiger partial charge >= 0.3 is 12.1 Å². The second-order valence-corrected chi connectivity index (χ2v) is 9.88. The van der Waals surface area contributed by atoms with Gasteiger partial charge in [0.1, 0.15) is 6.61 Å². The maximum atomic E-state index is 13.0. The van der Waals surface area contributed by atoms with Crippen LogP contribution >= 0.6 is 0 Å². The van der Waals surface area contributed by atoms with Crippen LogP contribution in [0, 0.1) is 11.8 Å². The minimum atomic E-state index is -0.830. The van der Waals surface area contributed by atoms with Crippen molar-refractivity contribution in [3.8, 4) is 11.1 Å². The van der Waals surface area contributed by atoms with Crippen LogP contribution in [0.4, 0.5) is 4.79 Å². The van der Waals surface area contributed by atoms with Crippen molar-refractivity contribution in [2.75, 3.05) is 19.7 Å². The fourth-order valence-corrected chi connectivity index (χ4v) is 5.70. The summed E-state index contributed by atoms with van der Waals surface area (Å²) in [5.74, 6) is -0.743. The monoisotopic (exact) mass is 474 g/mol. The SMILES string of the molecule is CC1CN(C(=O)C2=CCC(NC(=O)OCC3c4ccccc4-c4ccccc43)C2)CC1CC(=O)O. The van der Waals surface area contributed by atoms with Crippen LogP contribution in [0.1, 0.15) is 43.2 Å². The third-order valence-corrected chi connectivity index (χ3v) is 7.55. The minimum absolute atomic E-state index is 0.00268. The topological polar surface area (TPSA) is 95.9 Å². The van der Waals surface area contributed by atoms with E-state index in [2.05, 4.69) is 29.6 Å². The van der Waals surface area contributed by atoms with Crippen LogP contribution < -0.4 is 5.32 Å². The van der Waals surface area contributed by atoms with Crippen molar-refractivity contribution in [3.63, 3.8) is 0 Å². The molecule has 1 fully saturated rings. The van der Waals surface area contributed by atoms with Gasteiger partial charge in [-0.15, -0.1) is 0 Å². The molecule has 5 rings (SSSR count). The number of hydrogen-bond donors (Lipinski definition) is 2. The molecule has 7 nitrogen and oxygen atoms in total. The molecule has 35 heavy (non-hydrogen) atoms. The molecule has 1 heterocycles. The Balaban J connectivity index is 1.13. The van der Waals surface area contributed by atoms with Gasteiger partial charge in [0.25, 0.3) is 0 Å². The summed E-state index contributed by atoms with van der Waals surface area (Å²) in [5, 5.41) is 12.0. The third-order valence-electron chi connectivity index (χ3n) is 7.55. The number of alkyl carbamates (subject to hydrolysis) is 1. The van der Waals surface area contributed by atoms with E-state index in [1.165, 1.54) is 11.1 Å². The molecule has 0 spiro atoms. The first-order valence-corrected chi connectivity index (χ1v) is 12.2. The summed E-state index contributed by atoms with van der Waals surface area (Å²) in [7, 11) is 0. The van der Waals surface area contributed by atoms with Gasteiger partial charge in [-0.25, -0.2) is 4.79 Å². The van der Waals surface area contributed by atoms with E-state index >= 15 is 0 Å². The Morgan fingerprint density at radius 2 is 1.69 bits per heavy atom. The van der Waals surface area contributed by atoms with E-state index in [0.29, 0.717) is 31.5 Å². The predicted molar refractivity (Wildman–Crippen MR) is 131 cm³/mol. The van der Waals surface area contributed by atoms with E-state index < -0.39 is 12.1 Å². The van der Waals surface area contributed by atoms with Gasteiger partial charge in [-0.2, -0.15) is 0 Å². The number of hydrogen-bond acceptors (Lipinski definition) is 4. The number of rotatable bonds is 6. The molecule has 182 valence electrons. The smallest absolute Gasteiger partial charge is 0.407 e. The maximum Gasteiger partial charge on any atom is 0.407 e. The normalized spacial score (nSPS) is 22.9. The molecule has 1 saturated heterocycles. The first kappa shape index (κ1) is 23.1. The molecule has 3 aliphatic rings. The molecule has 0 bridgehead atoms. The van der Waals surface area contributed by atoms with Crippen molar-refractivity contribution in [2.45, 2.75) is 38.1 Å². The minimum Gasteiger partial charge on any atom is -0.481 e. The number of carbonyl (C=O) groups is 3. The van der Waals surface area contributed by atoms with Crippen molar-refractivity contribution in [1.29, 1.82) is 0 Å². The third kappa shape index (κ3) is 4.67. The molecule has 0 saturated carbocycles. The highest BCUT2D eigenvalue weighted by Crippen LogP contribution is 2.44. The van der Waals surface area contributed by atoms with E-state index in [-0.39, 0.29) is 42.7 Å². The van der Waals surface area contributed by atoms with Gasteiger partial charge in [-0.05, 0) is 46.9 Å². The molecule has 3 atom stereocenters. The molecule has 2 aliphatic carbocycles. The van der Waals surface area contributed by atoms with Gasteiger partial charge < -0.3 is 20.1 Å². The number of amides is 2. The van der Waals surface area contributed by atoms with Crippen LogP contribution in [-0.4, -0.2) is 53.7 Å². The molecule has 1 aliphatic heterocycles. The maximum absolute atomic E-state index is 13.0. The van der Waals surface area contributed by atoms with Gasteiger partial charge in [-0.3, -0.25) is 9.59 Å². The molecule has 7 heteroatoms. The Morgan fingerprint density at radius 1 is 1.03 bits per heavy atom. The van der Waals surface area contributed by atoms with E-state index in [1.807, 2.05) is 37.3 Å². The van der Waals surface area contributed by atoms with Crippen molar-refractivity contribution in [1.82, 2.24) is 10.2 Å². The lowest BCUT2D eigenvalue weighted by molar-refractivity contribution is -0.138. The van der Waals surface area contributed by atoms with E-state index in [0.717, 1.165) is 11.1 Å². The molecule has 2 aromatic carbocycles. The van der Waals surface area contributed by atoms with Gasteiger partial charge in [0.2, 0.25) is 5.91 Å². The molecular weight excluding hydrogens is 444 g/mol. The highest BCUT2D eigenvalue weighted by atomic mass is 16.5. The summed E-state index contributed by atoms with van der Waals surface area (Å²) in [5.41, 5.74) is 5.37. The summed E-state index contributed by atoms with van der Waals surface area (Å²) in [6, 6.07) is 16.2. The number of benzene rings is 2. The first-order chi connectivity index (χ1) is 16.9. The average Bonchev–Trinajstić information content (AvgIpc) is 3.53. The zero-order valence-electron chi connectivity index (χ0n) is 19.8. The summed E-state index contributed by atoms with van der Waals surface area (Å²) >= 11 is 0. The van der Waals surface area contributed by atoms with Gasteiger partial charge in [-0.1, -0.05) is 61.5 Å². The second-order valence-electron chi connectivity index (χ2n) is 9.88. The lowest BCUT2D eigenvalue weighted by Gasteiger charge is -2.19. The number of carbonyl (C=O) groups excluding carboxylic acids is 2. The standard InChI is InChI=1S/C28H30N2O5/c1-17-14-30(15-19(17)13-26(31)32)27(33)18-10-11-20(12-18)29-28(34)35-16-25-23-8-4-2-6-21(23)22-7-3-5-9-24(22)25/h2-10,17,19-20,25H,11-16H2,1H3,(H,29,34)(H,31,32). The second kappa shape index (κ2) is 9.56. The lowest BCUT2D eigenvalue weighted by atomic mass is 9.95. The van der Waals surface area contributed by atoms with Crippen molar-refractivity contribution in [2.24, 2.45) is 11.8 Å². The highest BCUT2D eigenvalue weighted by molar-refractivity contribution is 5.94. The summed E-state index contributed by atoms with van der Waals surface area (Å²) in [6.07, 6.45) is 2.52. The van der Waals surface area contributed by atoms with E-state index in [4.69, 9.17) is 9.84 Å². The van der Waals surface area contributed by atoms with Gasteiger partial charge in [0.05, 0.1) is 6.42 Å². The lowest BCUT2D eigenvalue weighted by Crippen LogP contribution is -2.36. The van der Waals surface area contributed by atoms with Crippen molar-refractivity contribution < 1.29 is 24.2 Å². The Hall–Kier alpha value is -3.61. The van der Waals surface area contributed by atoms with Gasteiger partial charge in [0, 0.05) is 30.6 Å². The number of nitrogens with one attached hydrogen (secondary N) is 1. The largest absolute Gasteiger partial charge is 0.481 e. The van der Waals surface area contributed by atoms with Crippen LogP contribution in [0.25, 0.3) is 11.1 Å². The van der Waals surface area contributed by atoms with Crippen molar-refractivity contribution in [3.05, 3.63) is 71.3 Å². The van der Waals surface area contributed by atoms with Crippen LogP contribution in [0.3, 0.4) is 0 Å². The zero-order chi connectivity index (χ0) is 24.5. The van der Waals surface area contributed by atoms with Crippen LogP contribution in [-0.2, 0) is 14.3 Å². The number of aliphatic carboxylic acids is 1. The van der Waals surface area contributed by atoms with Crippen LogP contribution in [0.15, 0.2) is 60.2 Å². The molecule has 3 unspecified atom stereocenters. The first-order valence-electron chi connectivity index (χ1n) is 12.2. The fraction of sp³-hybridized carbons (Fsp3) is 0.393. The van der Waals surface area contributed by atoms with E-state index in [1.54, 1.807) is 4.90 Å². The molecule has 2 amide bonds. The molecular formula is C28H30N2O5. The number of nitrogens with zero attached hydrogens (tertiary/aromatic N) is 1. The van der Waals surface area contributed by atoms with Crippen LogP contribution in [0.5, 0.6) is 0 Å². The Bertz CT molecular complexity index is 1140. The Kier molecular flexibility index (Phi) is 6.32. The van der Waals surface area contributed by atoms with E-state index in [9.17, 15) is 14.4 Å². The number of carboxylic acids is 1. The quantitative estimate of drug-likeness (QED) is 0.655. The molecule has 2 N–H and O–H groups in total.